The van der Waals surface area contributed by atoms with Gasteiger partial charge in [0.15, 0.2) is 5.82 Å². The fourth-order valence-electron chi connectivity index (χ4n) is 1.42. The van der Waals surface area contributed by atoms with Gasteiger partial charge in [0.1, 0.15) is 0 Å². The SMILES string of the molecule is CCSc1ccc(-c2[nH]nc(N)c2Br)cc1. The zero-order chi connectivity index (χ0) is 11.5. The van der Waals surface area contributed by atoms with Crippen molar-refractivity contribution in [3.63, 3.8) is 0 Å². The average Bonchev–Trinajstić information content (AvgIpc) is 2.62. The molecule has 2 rings (SSSR count). The number of nitrogen functional groups attached to an aromatic ring is 1. The normalized spacial score (nSPS) is 10.6. The predicted octanol–water partition coefficient (Wildman–Crippen LogP) is 3.53. The first kappa shape index (κ1) is 11.5. The lowest BCUT2D eigenvalue weighted by Crippen LogP contribution is -1.83. The van der Waals surface area contributed by atoms with Gasteiger partial charge in [0.25, 0.3) is 0 Å². The number of hydrogen-bond acceptors (Lipinski definition) is 3. The van der Waals surface area contributed by atoms with Crippen LogP contribution in [0.4, 0.5) is 5.82 Å². The Kier molecular flexibility index (Phi) is 3.56. The molecule has 0 spiro atoms. The molecule has 1 aromatic carbocycles. The fourth-order valence-corrected chi connectivity index (χ4v) is 2.49. The lowest BCUT2D eigenvalue weighted by atomic mass is 10.1. The topological polar surface area (TPSA) is 54.7 Å². The van der Waals surface area contributed by atoms with Gasteiger partial charge >= 0.3 is 0 Å². The van der Waals surface area contributed by atoms with Crippen molar-refractivity contribution in [3.8, 4) is 11.3 Å². The molecule has 3 N–H and O–H groups in total. The molecule has 0 bridgehead atoms. The lowest BCUT2D eigenvalue weighted by molar-refractivity contribution is 1.10. The summed E-state index contributed by atoms with van der Waals surface area (Å²) in [6.07, 6.45) is 0. The summed E-state index contributed by atoms with van der Waals surface area (Å²) in [5, 5.41) is 6.86. The minimum Gasteiger partial charge on any atom is -0.381 e. The van der Waals surface area contributed by atoms with Crippen molar-refractivity contribution in [1.82, 2.24) is 10.2 Å². The molecule has 3 nitrogen and oxygen atoms in total. The van der Waals surface area contributed by atoms with Gasteiger partial charge in [0.05, 0.1) is 10.2 Å². The van der Waals surface area contributed by atoms with Crippen LogP contribution in [0, 0.1) is 0 Å². The summed E-state index contributed by atoms with van der Waals surface area (Å²) in [6, 6.07) is 8.34. The third-order valence-electron chi connectivity index (χ3n) is 2.19. The van der Waals surface area contributed by atoms with Crippen molar-refractivity contribution in [2.24, 2.45) is 0 Å². The van der Waals surface area contributed by atoms with E-state index in [-0.39, 0.29) is 0 Å². The maximum Gasteiger partial charge on any atom is 0.160 e. The molecule has 0 saturated heterocycles. The summed E-state index contributed by atoms with van der Waals surface area (Å²) in [5.74, 6) is 1.57. The summed E-state index contributed by atoms with van der Waals surface area (Å²) >= 11 is 5.24. The zero-order valence-electron chi connectivity index (χ0n) is 8.83. The first-order valence-electron chi connectivity index (χ1n) is 4.95. The molecule has 0 fully saturated rings. The Bertz CT molecular complexity index is 478. The highest BCUT2D eigenvalue weighted by molar-refractivity contribution is 9.10. The summed E-state index contributed by atoms with van der Waals surface area (Å²) in [7, 11) is 0. The number of nitrogens with one attached hydrogen (secondary N) is 1. The highest BCUT2D eigenvalue weighted by Gasteiger charge is 2.09. The molecule has 0 aliphatic carbocycles. The molecule has 0 unspecified atom stereocenters. The molecular weight excluding hydrogens is 286 g/mol. The Labute approximate surface area is 107 Å². The van der Waals surface area contributed by atoms with Crippen molar-refractivity contribution >= 4 is 33.5 Å². The average molecular weight is 298 g/mol. The molecule has 0 saturated carbocycles. The van der Waals surface area contributed by atoms with E-state index in [1.807, 2.05) is 11.8 Å². The maximum absolute atomic E-state index is 5.66. The minimum absolute atomic E-state index is 0.488. The van der Waals surface area contributed by atoms with Crippen molar-refractivity contribution in [1.29, 1.82) is 0 Å². The highest BCUT2D eigenvalue weighted by atomic mass is 79.9. The number of nitrogens with two attached hydrogens (primary N) is 1. The molecule has 1 heterocycles. The fraction of sp³-hybridized carbons (Fsp3) is 0.182. The van der Waals surface area contributed by atoms with Crippen LogP contribution < -0.4 is 5.73 Å². The van der Waals surface area contributed by atoms with Gasteiger partial charge in [-0.05, 0) is 33.8 Å². The van der Waals surface area contributed by atoms with E-state index >= 15 is 0 Å². The number of rotatable bonds is 3. The molecule has 16 heavy (non-hydrogen) atoms. The van der Waals surface area contributed by atoms with Crippen LogP contribution in [0.25, 0.3) is 11.3 Å². The summed E-state index contributed by atoms with van der Waals surface area (Å²) in [6.45, 7) is 2.14. The molecule has 84 valence electrons. The summed E-state index contributed by atoms with van der Waals surface area (Å²) in [5.41, 5.74) is 7.66. The van der Waals surface area contributed by atoms with Crippen LogP contribution in [0.5, 0.6) is 0 Å². The van der Waals surface area contributed by atoms with Gasteiger partial charge in [-0.2, -0.15) is 5.10 Å². The Morgan fingerprint density at radius 3 is 2.56 bits per heavy atom. The van der Waals surface area contributed by atoms with Crippen molar-refractivity contribution < 1.29 is 0 Å². The van der Waals surface area contributed by atoms with E-state index in [1.165, 1.54) is 4.90 Å². The van der Waals surface area contributed by atoms with E-state index in [4.69, 9.17) is 5.73 Å². The van der Waals surface area contributed by atoms with E-state index in [0.717, 1.165) is 21.5 Å². The van der Waals surface area contributed by atoms with E-state index in [0.29, 0.717) is 5.82 Å². The number of benzene rings is 1. The summed E-state index contributed by atoms with van der Waals surface area (Å²) < 4.78 is 0.823. The van der Waals surface area contributed by atoms with Crippen LogP contribution >= 0.6 is 27.7 Å². The molecular formula is C11H12BrN3S. The van der Waals surface area contributed by atoms with Crippen LogP contribution in [-0.2, 0) is 0 Å². The number of aromatic nitrogens is 2. The third-order valence-corrected chi connectivity index (χ3v) is 3.88. The van der Waals surface area contributed by atoms with Crippen LogP contribution in [0.1, 0.15) is 6.92 Å². The van der Waals surface area contributed by atoms with Gasteiger partial charge in [0, 0.05) is 10.5 Å². The molecule has 0 atom stereocenters. The highest BCUT2D eigenvalue weighted by Crippen LogP contribution is 2.31. The number of aromatic amines is 1. The second-order valence-corrected chi connectivity index (χ2v) is 5.39. The van der Waals surface area contributed by atoms with Crippen LogP contribution in [0.15, 0.2) is 33.6 Å². The Morgan fingerprint density at radius 2 is 2.06 bits per heavy atom. The molecule has 5 heteroatoms. The van der Waals surface area contributed by atoms with E-state index in [2.05, 4.69) is 57.3 Å². The van der Waals surface area contributed by atoms with E-state index < -0.39 is 0 Å². The van der Waals surface area contributed by atoms with Crippen LogP contribution in [0.2, 0.25) is 0 Å². The largest absolute Gasteiger partial charge is 0.381 e. The van der Waals surface area contributed by atoms with Crippen molar-refractivity contribution in [2.45, 2.75) is 11.8 Å². The number of thioether (sulfide) groups is 1. The molecule has 0 aliphatic rings. The number of halogens is 1. The van der Waals surface area contributed by atoms with Gasteiger partial charge in [-0.3, -0.25) is 5.10 Å². The quantitative estimate of drug-likeness (QED) is 0.852. The molecule has 0 aliphatic heterocycles. The van der Waals surface area contributed by atoms with Gasteiger partial charge < -0.3 is 5.73 Å². The monoisotopic (exact) mass is 297 g/mol. The van der Waals surface area contributed by atoms with Gasteiger partial charge in [0.2, 0.25) is 0 Å². The van der Waals surface area contributed by atoms with E-state index in [1.54, 1.807) is 0 Å². The van der Waals surface area contributed by atoms with Crippen LogP contribution in [0.3, 0.4) is 0 Å². The van der Waals surface area contributed by atoms with Gasteiger partial charge in [-0.1, -0.05) is 19.1 Å². The maximum atomic E-state index is 5.66. The Morgan fingerprint density at radius 1 is 1.38 bits per heavy atom. The second kappa shape index (κ2) is 4.93. The second-order valence-electron chi connectivity index (χ2n) is 3.26. The summed E-state index contributed by atoms with van der Waals surface area (Å²) in [4.78, 5) is 1.27. The van der Waals surface area contributed by atoms with Gasteiger partial charge in [-0.25, -0.2) is 0 Å². The molecule has 2 aromatic rings. The minimum atomic E-state index is 0.488. The Hall–Kier alpha value is -0.940. The number of H-pyrrole nitrogens is 1. The lowest BCUT2D eigenvalue weighted by Gasteiger charge is -2.01. The number of hydrogen-bond donors (Lipinski definition) is 2. The zero-order valence-corrected chi connectivity index (χ0v) is 11.2. The first-order valence-corrected chi connectivity index (χ1v) is 6.72. The number of nitrogens with zero attached hydrogens (tertiary/aromatic N) is 1. The van der Waals surface area contributed by atoms with Crippen molar-refractivity contribution in [3.05, 3.63) is 28.7 Å². The third kappa shape index (κ3) is 2.25. The van der Waals surface area contributed by atoms with Crippen LogP contribution in [-0.4, -0.2) is 16.0 Å². The standard InChI is InChI=1S/C11H12BrN3S/c1-2-16-8-5-3-7(4-6-8)10-9(12)11(13)15-14-10/h3-6H,2H2,1H3,(H3,13,14,15). The Balaban J connectivity index is 2.31. The predicted molar refractivity (Wildman–Crippen MR) is 72.5 cm³/mol. The van der Waals surface area contributed by atoms with Crippen molar-refractivity contribution in [2.75, 3.05) is 11.5 Å². The molecule has 0 radical (unpaired) electrons. The molecule has 1 aromatic heterocycles. The van der Waals surface area contributed by atoms with E-state index in [9.17, 15) is 0 Å². The van der Waals surface area contributed by atoms with Gasteiger partial charge in [-0.15, -0.1) is 11.8 Å². The number of anilines is 1. The molecule has 0 amide bonds. The first-order chi connectivity index (χ1) is 7.72. The smallest absolute Gasteiger partial charge is 0.160 e.